The fraction of sp³-hybridized carbons (Fsp3) is 0.533. The molecule has 1 amide bonds. The second kappa shape index (κ2) is 6.61. The van der Waals surface area contributed by atoms with E-state index in [2.05, 4.69) is 10.6 Å². The molecule has 0 aliphatic carbocycles. The van der Waals surface area contributed by atoms with Crippen LogP contribution in [0.15, 0.2) is 18.2 Å². The quantitative estimate of drug-likeness (QED) is 0.858. The van der Waals surface area contributed by atoms with Crippen molar-refractivity contribution in [2.24, 2.45) is 0 Å². The van der Waals surface area contributed by atoms with E-state index in [-0.39, 0.29) is 18.1 Å². The van der Waals surface area contributed by atoms with Crippen molar-refractivity contribution in [2.45, 2.75) is 32.4 Å². The maximum Gasteiger partial charge on any atom is 0.251 e. The number of nitrogens with one attached hydrogen (secondary N) is 2. The van der Waals surface area contributed by atoms with Crippen molar-refractivity contribution in [2.75, 3.05) is 20.2 Å². The van der Waals surface area contributed by atoms with Gasteiger partial charge in [-0.25, -0.2) is 0 Å². The molecule has 0 radical (unpaired) electrons. The largest absolute Gasteiger partial charge is 0.493 e. The zero-order valence-corrected chi connectivity index (χ0v) is 12.2. The Morgan fingerprint density at radius 1 is 1.40 bits per heavy atom. The van der Waals surface area contributed by atoms with E-state index >= 15 is 0 Å². The van der Waals surface area contributed by atoms with E-state index in [1.807, 2.05) is 13.8 Å². The minimum atomic E-state index is -0.0758. The van der Waals surface area contributed by atoms with Crippen LogP contribution in [0.5, 0.6) is 11.5 Å². The maximum absolute atomic E-state index is 12.2. The van der Waals surface area contributed by atoms with Gasteiger partial charge in [-0.15, -0.1) is 0 Å². The molecule has 20 heavy (non-hydrogen) atoms. The summed E-state index contributed by atoms with van der Waals surface area (Å²) in [4.78, 5) is 12.2. The van der Waals surface area contributed by atoms with E-state index in [0.717, 1.165) is 19.5 Å². The smallest absolute Gasteiger partial charge is 0.251 e. The highest BCUT2D eigenvalue weighted by Gasteiger charge is 2.18. The van der Waals surface area contributed by atoms with Crippen molar-refractivity contribution < 1.29 is 14.3 Å². The van der Waals surface area contributed by atoms with Gasteiger partial charge in [0.15, 0.2) is 11.5 Å². The van der Waals surface area contributed by atoms with Gasteiger partial charge >= 0.3 is 0 Å². The number of methoxy groups -OCH3 is 1. The van der Waals surface area contributed by atoms with Crippen molar-refractivity contribution in [3.63, 3.8) is 0 Å². The third kappa shape index (κ3) is 3.63. The van der Waals surface area contributed by atoms with Crippen LogP contribution in [0.25, 0.3) is 0 Å². The van der Waals surface area contributed by atoms with Crippen LogP contribution in [0.2, 0.25) is 0 Å². The second-order valence-corrected chi connectivity index (χ2v) is 5.20. The molecular weight excluding hydrogens is 256 g/mol. The molecule has 110 valence electrons. The molecule has 5 nitrogen and oxygen atoms in total. The fourth-order valence-electron chi connectivity index (χ4n) is 2.21. The lowest BCUT2D eigenvalue weighted by Crippen LogP contribution is -2.36. The Balaban J connectivity index is 2.09. The first-order chi connectivity index (χ1) is 9.60. The monoisotopic (exact) mass is 278 g/mol. The number of amides is 1. The highest BCUT2D eigenvalue weighted by molar-refractivity contribution is 5.95. The highest BCUT2D eigenvalue weighted by atomic mass is 16.5. The Morgan fingerprint density at radius 2 is 2.20 bits per heavy atom. The van der Waals surface area contributed by atoms with Gasteiger partial charge in [0.05, 0.1) is 13.2 Å². The molecule has 5 heteroatoms. The second-order valence-electron chi connectivity index (χ2n) is 5.20. The number of carbonyl (C=O) groups excluding carboxylic acids is 1. The lowest BCUT2D eigenvalue weighted by Gasteiger charge is -2.15. The molecule has 2 rings (SSSR count). The van der Waals surface area contributed by atoms with Crippen LogP contribution in [-0.2, 0) is 0 Å². The van der Waals surface area contributed by atoms with Gasteiger partial charge in [-0.1, -0.05) is 0 Å². The summed E-state index contributed by atoms with van der Waals surface area (Å²) in [5, 5.41) is 6.23. The molecule has 1 atom stereocenters. The van der Waals surface area contributed by atoms with Gasteiger partial charge in [-0.2, -0.15) is 0 Å². The van der Waals surface area contributed by atoms with Crippen LogP contribution < -0.4 is 20.1 Å². The first kappa shape index (κ1) is 14.7. The van der Waals surface area contributed by atoms with E-state index in [1.54, 1.807) is 25.3 Å². The molecule has 0 bridgehead atoms. The van der Waals surface area contributed by atoms with Gasteiger partial charge in [0.2, 0.25) is 0 Å². The summed E-state index contributed by atoms with van der Waals surface area (Å²) in [7, 11) is 1.57. The molecule has 1 aliphatic rings. The van der Waals surface area contributed by atoms with E-state index < -0.39 is 0 Å². The number of hydrogen-bond donors (Lipinski definition) is 2. The molecule has 1 aliphatic heterocycles. The maximum atomic E-state index is 12.2. The summed E-state index contributed by atoms with van der Waals surface area (Å²) < 4.78 is 10.9. The predicted molar refractivity (Wildman–Crippen MR) is 77.5 cm³/mol. The van der Waals surface area contributed by atoms with Crippen molar-refractivity contribution >= 4 is 5.91 Å². The van der Waals surface area contributed by atoms with E-state index in [9.17, 15) is 4.79 Å². The third-order valence-corrected chi connectivity index (χ3v) is 3.18. The molecule has 1 unspecified atom stereocenters. The third-order valence-electron chi connectivity index (χ3n) is 3.18. The van der Waals surface area contributed by atoms with E-state index in [1.165, 1.54) is 0 Å². The minimum absolute atomic E-state index is 0.0631. The van der Waals surface area contributed by atoms with Crippen LogP contribution in [-0.4, -0.2) is 38.3 Å². The van der Waals surface area contributed by atoms with Crippen LogP contribution in [0, 0.1) is 0 Å². The van der Waals surface area contributed by atoms with Gasteiger partial charge < -0.3 is 20.1 Å². The molecule has 0 aromatic heterocycles. The molecule has 1 aromatic rings. The normalized spacial score (nSPS) is 18.1. The Hall–Kier alpha value is -1.75. The molecule has 2 N–H and O–H groups in total. The van der Waals surface area contributed by atoms with Crippen LogP contribution in [0.3, 0.4) is 0 Å². The molecule has 1 heterocycles. The predicted octanol–water partition coefficient (Wildman–Crippen LogP) is 1.57. The summed E-state index contributed by atoms with van der Waals surface area (Å²) in [5.74, 6) is 1.16. The molecule has 0 spiro atoms. The Kier molecular flexibility index (Phi) is 4.84. The van der Waals surface area contributed by atoms with Crippen molar-refractivity contribution in [3.05, 3.63) is 23.8 Å². The van der Waals surface area contributed by atoms with Crippen molar-refractivity contribution in [1.29, 1.82) is 0 Å². The molecule has 1 aromatic carbocycles. The topological polar surface area (TPSA) is 59.6 Å². The average molecular weight is 278 g/mol. The molecule has 1 fully saturated rings. The van der Waals surface area contributed by atoms with Crippen molar-refractivity contribution in [1.82, 2.24) is 10.6 Å². The van der Waals surface area contributed by atoms with Crippen LogP contribution >= 0.6 is 0 Å². The number of rotatable bonds is 5. The first-order valence-corrected chi connectivity index (χ1v) is 6.96. The zero-order chi connectivity index (χ0) is 14.5. The fourth-order valence-corrected chi connectivity index (χ4v) is 2.21. The van der Waals surface area contributed by atoms with Crippen LogP contribution in [0.1, 0.15) is 30.6 Å². The SMILES string of the molecule is COc1cc(C(=O)NC2CCNC2)ccc1OC(C)C. The Labute approximate surface area is 119 Å². The Bertz CT molecular complexity index is 468. The van der Waals surface area contributed by atoms with Crippen molar-refractivity contribution in [3.8, 4) is 11.5 Å². The summed E-state index contributed by atoms with van der Waals surface area (Å²) >= 11 is 0. The minimum Gasteiger partial charge on any atom is -0.493 e. The number of benzene rings is 1. The summed E-state index contributed by atoms with van der Waals surface area (Å²) in [6.45, 7) is 5.69. The molecular formula is C15H22N2O3. The molecule has 1 saturated heterocycles. The number of carbonyl (C=O) groups is 1. The van der Waals surface area contributed by atoms with Gasteiger partial charge in [0.25, 0.3) is 5.91 Å². The molecule has 0 saturated carbocycles. The summed E-state index contributed by atoms with van der Waals surface area (Å²) in [5.41, 5.74) is 0.588. The summed E-state index contributed by atoms with van der Waals surface area (Å²) in [6.07, 6.45) is 1.03. The van der Waals surface area contributed by atoms with Gasteiger partial charge in [0, 0.05) is 18.2 Å². The summed E-state index contributed by atoms with van der Waals surface area (Å²) in [6, 6.07) is 5.47. The van der Waals surface area contributed by atoms with Gasteiger partial charge in [0.1, 0.15) is 0 Å². The number of ether oxygens (including phenoxy) is 2. The van der Waals surface area contributed by atoms with Crippen LogP contribution in [0.4, 0.5) is 0 Å². The lowest BCUT2D eigenvalue weighted by atomic mass is 10.1. The highest BCUT2D eigenvalue weighted by Crippen LogP contribution is 2.29. The van der Waals surface area contributed by atoms with Gasteiger partial charge in [-0.05, 0) is 45.0 Å². The van der Waals surface area contributed by atoms with E-state index in [0.29, 0.717) is 17.1 Å². The lowest BCUT2D eigenvalue weighted by molar-refractivity contribution is 0.0939. The zero-order valence-electron chi connectivity index (χ0n) is 12.2. The standard InChI is InChI=1S/C15H22N2O3/c1-10(2)20-13-5-4-11(8-14(13)19-3)15(18)17-12-6-7-16-9-12/h4-5,8,10,12,16H,6-7,9H2,1-3H3,(H,17,18). The Morgan fingerprint density at radius 3 is 2.80 bits per heavy atom. The van der Waals surface area contributed by atoms with E-state index in [4.69, 9.17) is 9.47 Å². The average Bonchev–Trinajstić information content (AvgIpc) is 2.91. The van der Waals surface area contributed by atoms with Gasteiger partial charge in [-0.3, -0.25) is 4.79 Å². The number of hydrogen-bond acceptors (Lipinski definition) is 4. The first-order valence-electron chi connectivity index (χ1n) is 6.96.